The summed E-state index contributed by atoms with van der Waals surface area (Å²) in [7, 11) is 0. The number of hydrogen-bond donors (Lipinski definition) is 1. The number of benzene rings is 2. The Morgan fingerprint density at radius 1 is 1.09 bits per heavy atom. The van der Waals surface area contributed by atoms with Crippen molar-refractivity contribution < 1.29 is 19.4 Å². The fraction of sp³-hybridized carbons (Fsp3) is 0.333. The highest BCUT2D eigenvalue weighted by molar-refractivity contribution is 6.38. The molecule has 1 saturated heterocycles. The van der Waals surface area contributed by atoms with Gasteiger partial charge in [-0.1, -0.05) is 30.3 Å². The number of anilines is 1. The zero-order chi connectivity index (χ0) is 16.4. The molecule has 0 aliphatic carbocycles. The highest BCUT2D eigenvalue weighted by Crippen LogP contribution is 2.33. The van der Waals surface area contributed by atoms with Crippen LogP contribution in [-0.2, 0) is 14.3 Å². The Morgan fingerprint density at radius 2 is 1.74 bits per heavy atom. The van der Waals surface area contributed by atoms with E-state index in [0.29, 0.717) is 18.8 Å². The molecule has 1 fully saturated rings. The first-order valence-corrected chi connectivity index (χ1v) is 7.67. The maximum atomic E-state index is 11.8. The van der Waals surface area contributed by atoms with Crippen molar-refractivity contribution >= 4 is 28.0 Å². The first-order chi connectivity index (χ1) is 11.1. The molecule has 0 radical (unpaired) electrons. The van der Waals surface area contributed by atoms with Crippen molar-refractivity contribution in [1.82, 2.24) is 0 Å². The van der Waals surface area contributed by atoms with Gasteiger partial charge in [0.1, 0.15) is 6.10 Å². The average molecular weight is 313 g/mol. The summed E-state index contributed by atoms with van der Waals surface area (Å²) >= 11 is 0. The molecule has 5 nitrogen and oxygen atoms in total. The van der Waals surface area contributed by atoms with Gasteiger partial charge >= 0.3 is 0 Å². The second-order valence-corrected chi connectivity index (χ2v) is 5.64. The number of fused-ring (bicyclic) bond motifs is 1. The van der Waals surface area contributed by atoms with Gasteiger partial charge in [-0.3, -0.25) is 9.59 Å². The summed E-state index contributed by atoms with van der Waals surface area (Å²) in [6, 6.07) is 11.3. The number of aliphatic hydroxyl groups excluding tert-OH is 1. The largest absolute Gasteiger partial charge is 0.380 e. The number of morpholine rings is 1. The number of aliphatic hydroxyl groups is 1. The van der Waals surface area contributed by atoms with Crippen molar-refractivity contribution in [1.29, 1.82) is 0 Å². The average Bonchev–Trinajstić information content (AvgIpc) is 2.60. The normalized spacial score (nSPS) is 16.3. The number of carbonyl (C=O) groups excluding carboxylic acids is 2. The minimum absolute atomic E-state index is 0.470. The molecule has 1 heterocycles. The van der Waals surface area contributed by atoms with Gasteiger partial charge in [-0.15, -0.1) is 0 Å². The van der Waals surface area contributed by atoms with Crippen molar-refractivity contribution in [3.63, 3.8) is 0 Å². The molecule has 2 aromatic carbocycles. The van der Waals surface area contributed by atoms with Crippen molar-refractivity contribution in [3.05, 3.63) is 42.0 Å². The number of ether oxygens (including phenoxy) is 1. The summed E-state index contributed by atoms with van der Waals surface area (Å²) in [5.41, 5.74) is 1.52. The van der Waals surface area contributed by atoms with Gasteiger partial charge in [0.25, 0.3) is 0 Å². The van der Waals surface area contributed by atoms with E-state index in [0.717, 1.165) is 29.5 Å². The molecule has 2 aromatic rings. The Balaban J connectivity index is 2.08. The number of Topliss-reactive ketones (excluding diaryl/α,β-unsaturated/α-hetero) is 2. The van der Waals surface area contributed by atoms with Crippen LogP contribution in [0.15, 0.2) is 36.4 Å². The molecular weight excluding hydrogens is 294 g/mol. The van der Waals surface area contributed by atoms with Gasteiger partial charge in [0, 0.05) is 31.1 Å². The Hall–Kier alpha value is -2.24. The van der Waals surface area contributed by atoms with Crippen LogP contribution in [0.1, 0.15) is 18.6 Å². The molecule has 1 atom stereocenters. The molecule has 0 spiro atoms. The third-order valence-corrected chi connectivity index (χ3v) is 4.18. The van der Waals surface area contributed by atoms with Gasteiger partial charge < -0.3 is 14.7 Å². The van der Waals surface area contributed by atoms with E-state index in [2.05, 4.69) is 4.90 Å². The molecule has 1 N–H and O–H groups in total. The summed E-state index contributed by atoms with van der Waals surface area (Å²) in [6.45, 7) is 4.15. The van der Waals surface area contributed by atoms with Crippen LogP contribution in [0.5, 0.6) is 0 Å². The molecule has 1 aliphatic heterocycles. The Morgan fingerprint density at radius 3 is 2.39 bits per heavy atom. The van der Waals surface area contributed by atoms with E-state index in [9.17, 15) is 14.7 Å². The molecule has 0 bridgehead atoms. The first kappa shape index (κ1) is 15.6. The molecule has 0 saturated carbocycles. The van der Waals surface area contributed by atoms with Gasteiger partial charge in [-0.05, 0) is 17.0 Å². The smallest absolute Gasteiger partial charge is 0.230 e. The molecule has 1 aliphatic rings. The number of carbonyl (C=O) groups is 2. The predicted octanol–water partition coefficient (Wildman–Crippen LogP) is 1.87. The number of rotatable bonds is 4. The Bertz CT molecular complexity index is 750. The second kappa shape index (κ2) is 6.48. The SMILES string of the molecule is CC(=O)C(=O)[C@@H](O)c1ccc(N2CCOCC2)c2ccccc12. The Labute approximate surface area is 134 Å². The fourth-order valence-electron chi connectivity index (χ4n) is 2.96. The van der Waals surface area contributed by atoms with Crippen molar-refractivity contribution in [2.75, 3.05) is 31.2 Å². The standard InChI is InChI=1S/C18H19NO4/c1-12(20)17(21)18(22)15-6-7-16(19-8-10-23-11-9-19)14-5-3-2-4-13(14)15/h2-7,18,22H,8-11H2,1H3/t18-/m0/s1. The predicted molar refractivity (Wildman–Crippen MR) is 87.6 cm³/mol. The van der Waals surface area contributed by atoms with Crippen molar-refractivity contribution in [3.8, 4) is 0 Å². The quantitative estimate of drug-likeness (QED) is 0.873. The summed E-state index contributed by atoms with van der Waals surface area (Å²) < 4.78 is 5.39. The minimum Gasteiger partial charge on any atom is -0.380 e. The van der Waals surface area contributed by atoms with Gasteiger partial charge in [0.2, 0.25) is 5.78 Å². The van der Waals surface area contributed by atoms with Gasteiger partial charge in [-0.2, -0.15) is 0 Å². The van der Waals surface area contributed by atoms with Gasteiger partial charge in [-0.25, -0.2) is 0 Å². The van der Waals surface area contributed by atoms with Crippen LogP contribution in [0, 0.1) is 0 Å². The molecule has 3 rings (SSSR count). The van der Waals surface area contributed by atoms with Crippen molar-refractivity contribution in [2.45, 2.75) is 13.0 Å². The Kier molecular flexibility index (Phi) is 4.41. The van der Waals surface area contributed by atoms with E-state index in [-0.39, 0.29) is 0 Å². The molecule has 0 amide bonds. The van der Waals surface area contributed by atoms with E-state index < -0.39 is 17.7 Å². The van der Waals surface area contributed by atoms with Crippen LogP contribution >= 0.6 is 0 Å². The zero-order valence-corrected chi connectivity index (χ0v) is 13.0. The van der Waals surface area contributed by atoms with Gasteiger partial charge in [0.15, 0.2) is 5.78 Å². The fourth-order valence-corrected chi connectivity index (χ4v) is 2.96. The van der Waals surface area contributed by atoms with Crippen LogP contribution in [-0.4, -0.2) is 43.0 Å². The molecule has 5 heteroatoms. The van der Waals surface area contributed by atoms with E-state index in [1.165, 1.54) is 6.92 Å². The summed E-state index contributed by atoms with van der Waals surface area (Å²) in [5, 5.41) is 12.0. The maximum absolute atomic E-state index is 11.8. The molecule has 0 unspecified atom stereocenters. The number of ketones is 2. The van der Waals surface area contributed by atoms with E-state index in [4.69, 9.17) is 4.74 Å². The third kappa shape index (κ3) is 2.98. The van der Waals surface area contributed by atoms with E-state index in [1.807, 2.05) is 30.3 Å². The minimum atomic E-state index is -1.42. The highest BCUT2D eigenvalue weighted by Gasteiger charge is 2.24. The lowest BCUT2D eigenvalue weighted by Crippen LogP contribution is -2.36. The lowest BCUT2D eigenvalue weighted by molar-refractivity contribution is -0.140. The molecule has 120 valence electrons. The maximum Gasteiger partial charge on any atom is 0.230 e. The summed E-state index contributed by atoms with van der Waals surface area (Å²) in [4.78, 5) is 25.4. The van der Waals surface area contributed by atoms with Crippen LogP contribution < -0.4 is 4.90 Å². The van der Waals surface area contributed by atoms with E-state index in [1.54, 1.807) is 6.07 Å². The topological polar surface area (TPSA) is 66.8 Å². The third-order valence-electron chi connectivity index (χ3n) is 4.18. The first-order valence-electron chi connectivity index (χ1n) is 7.67. The van der Waals surface area contributed by atoms with Crippen LogP contribution in [0.2, 0.25) is 0 Å². The lowest BCUT2D eigenvalue weighted by Gasteiger charge is -2.30. The van der Waals surface area contributed by atoms with Gasteiger partial charge in [0.05, 0.1) is 13.2 Å². The van der Waals surface area contributed by atoms with Crippen LogP contribution in [0.25, 0.3) is 10.8 Å². The highest BCUT2D eigenvalue weighted by atomic mass is 16.5. The monoisotopic (exact) mass is 313 g/mol. The molecular formula is C18H19NO4. The molecule has 0 aromatic heterocycles. The lowest BCUT2D eigenvalue weighted by atomic mass is 9.95. The van der Waals surface area contributed by atoms with Crippen LogP contribution in [0.4, 0.5) is 5.69 Å². The summed E-state index contributed by atoms with van der Waals surface area (Å²) in [5.74, 6) is -1.42. The number of hydrogen-bond acceptors (Lipinski definition) is 5. The zero-order valence-electron chi connectivity index (χ0n) is 13.0. The second-order valence-electron chi connectivity index (χ2n) is 5.64. The number of nitrogens with zero attached hydrogens (tertiary/aromatic N) is 1. The van der Waals surface area contributed by atoms with Crippen LogP contribution in [0.3, 0.4) is 0 Å². The summed E-state index contributed by atoms with van der Waals surface area (Å²) in [6.07, 6.45) is -1.42. The van der Waals surface area contributed by atoms with Crippen molar-refractivity contribution in [2.24, 2.45) is 0 Å². The van der Waals surface area contributed by atoms with E-state index >= 15 is 0 Å². The molecule has 23 heavy (non-hydrogen) atoms.